The van der Waals surface area contributed by atoms with E-state index < -0.39 is 0 Å². The van der Waals surface area contributed by atoms with Gasteiger partial charge in [-0.3, -0.25) is 4.90 Å². The van der Waals surface area contributed by atoms with Gasteiger partial charge in [-0.1, -0.05) is 42.5 Å². The molecule has 32 heavy (non-hydrogen) atoms. The Morgan fingerprint density at radius 2 is 1.75 bits per heavy atom. The Morgan fingerprint density at radius 1 is 1.03 bits per heavy atom. The molecule has 0 bridgehead atoms. The number of anilines is 1. The average molecular weight is 438 g/mol. The summed E-state index contributed by atoms with van der Waals surface area (Å²) < 4.78 is 5.44. The minimum atomic E-state index is 0.485. The average Bonchev–Trinajstić information content (AvgIpc) is 2.84. The van der Waals surface area contributed by atoms with Gasteiger partial charge in [-0.05, 0) is 50.6 Å². The number of benzene rings is 2. The van der Waals surface area contributed by atoms with Crippen molar-refractivity contribution >= 4 is 11.6 Å². The molecule has 1 fully saturated rings. The molecule has 1 aliphatic heterocycles. The molecule has 2 aromatic carbocycles. The summed E-state index contributed by atoms with van der Waals surface area (Å²) in [5, 5.41) is 6.86. The van der Waals surface area contributed by atoms with Gasteiger partial charge in [0.1, 0.15) is 0 Å². The standard InChI is InChI=1S/C26H39N5O/c1-4-27-26(28-15-14-22(2)30(3)21-24-8-6-5-7-9-24)29-20-23-10-12-25(13-11-23)31-16-18-32-19-17-31/h5-13,22H,4,14-21H2,1-3H3,(H2,27,28,29). The third-order valence-corrected chi connectivity index (χ3v) is 5.96. The lowest BCUT2D eigenvalue weighted by Gasteiger charge is -2.28. The summed E-state index contributed by atoms with van der Waals surface area (Å²) >= 11 is 0. The molecule has 1 saturated heterocycles. The van der Waals surface area contributed by atoms with Gasteiger partial charge in [0, 0.05) is 44.5 Å². The number of hydrogen-bond acceptors (Lipinski definition) is 4. The fraction of sp³-hybridized carbons (Fsp3) is 0.500. The van der Waals surface area contributed by atoms with Crippen molar-refractivity contribution in [2.45, 2.75) is 39.4 Å². The zero-order valence-corrected chi connectivity index (χ0v) is 19.9. The maximum absolute atomic E-state index is 5.44. The van der Waals surface area contributed by atoms with Crippen LogP contribution >= 0.6 is 0 Å². The first kappa shape index (κ1) is 24.1. The van der Waals surface area contributed by atoms with Crippen molar-refractivity contribution in [1.29, 1.82) is 0 Å². The van der Waals surface area contributed by atoms with E-state index in [4.69, 9.17) is 9.73 Å². The van der Waals surface area contributed by atoms with Gasteiger partial charge in [0.2, 0.25) is 0 Å². The molecule has 0 amide bonds. The molecule has 2 aromatic rings. The number of aliphatic imine (C=N–C) groups is 1. The summed E-state index contributed by atoms with van der Waals surface area (Å²) in [4.78, 5) is 9.56. The van der Waals surface area contributed by atoms with E-state index in [9.17, 15) is 0 Å². The molecule has 2 N–H and O–H groups in total. The highest BCUT2D eigenvalue weighted by Gasteiger charge is 2.11. The molecule has 1 aliphatic rings. The van der Waals surface area contributed by atoms with Crippen LogP contribution in [-0.4, -0.2) is 63.3 Å². The maximum atomic E-state index is 5.44. The third-order valence-electron chi connectivity index (χ3n) is 5.96. The molecule has 1 unspecified atom stereocenters. The van der Waals surface area contributed by atoms with E-state index in [1.165, 1.54) is 16.8 Å². The molecule has 0 aromatic heterocycles. The van der Waals surface area contributed by atoms with E-state index in [0.29, 0.717) is 12.6 Å². The molecule has 6 nitrogen and oxygen atoms in total. The van der Waals surface area contributed by atoms with E-state index in [0.717, 1.165) is 58.3 Å². The molecule has 0 saturated carbocycles. The summed E-state index contributed by atoms with van der Waals surface area (Å²) in [6, 6.07) is 19.9. The van der Waals surface area contributed by atoms with Crippen molar-refractivity contribution in [1.82, 2.24) is 15.5 Å². The van der Waals surface area contributed by atoms with Crippen LogP contribution in [0.15, 0.2) is 59.6 Å². The third kappa shape index (κ3) is 7.84. The Kier molecular flexibility index (Phi) is 9.85. The molecule has 0 spiro atoms. The second-order valence-electron chi connectivity index (χ2n) is 8.43. The lowest BCUT2D eigenvalue weighted by atomic mass is 10.1. The molecule has 1 heterocycles. The van der Waals surface area contributed by atoms with Crippen LogP contribution in [-0.2, 0) is 17.8 Å². The van der Waals surface area contributed by atoms with Gasteiger partial charge in [0.05, 0.1) is 19.8 Å². The SMILES string of the molecule is CCNC(=NCc1ccc(N2CCOCC2)cc1)NCCC(C)N(C)Cc1ccccc1. The monoisotopic (exact) mass is 437 g/mol. The highest BCUT2D eigenvalue weighted by Crippen LogP contribution is 2.17. The first-order chi connectivity index (χ1) is 15.7. The van der Waals surface area contributed by atoms with Crippen molar-refractivity contribution < 1.29 is 4.74 Å². The van der Waals surface area contributed by atoms with Gasteiger partial charge < -0.3 is 20.3 Å². The second-order valence-corrected chi connectivity index (χ2v) is 8.43. The largest absolute Gasteiger partial charge is 0.378 e. The van der Waals surface area contributed by atoms with E-state index in [2.05, 4.69) is 95.9 Å². The summed E-state index contributed by atoms with van der Waals surface area (Å²) in [7, 11) is 2.19. The Hall–Kier alpha value is -2.57. The zero-order valence-electron chi connectivity index (χ0n) is 19.9. The quantitative estimate of drug-likeness (QED) is 0.440. The van der Waals surface area contributed by atoms with Crippen LogP contribution in [0.25, 0.3) is 0 Å². The number of morpholine rings is 1. The smallest absolute Gasteiger partial charge is 0.191 e. The molecule has 0 aliphatic carbocycles. The molecule has 174 valence electrons. The minimum absolute atomic E-state index is 0.485. The highest BCUT2D eigenvalue weighted by atomic mass is 16.5. The van der Waals surface area contributed by atoms with Crippen LogP contribution in [0.2, 0.25) is 0 Å². The van der Waals surface area contributed by atoms with Crippen molar-refractivity contribution in [3.8, 4) is 0 Å². The molecule has 0 radical (unpaired) electrons. The number of nitrogens with one attached hydrogen (secondary N) is 2. The first-order valence-electron chi connectivity index (χ1n) is 11.8. The number of guanidine groups is 1. The molecule has 6 heteroatoms. The van der Waals surface area contributed by atoms with Crippen molar-refractivity contribution in [2.75, 3.05) is 51.3 Å². The normalized spacial score (nSPS) is 15.6. The summed E-state index contributed by atoms with van der Waals surface area (Å²) in [6.45, 7) is 11.3. The van der Waals surface area contributed by atoms with Crippen LogP contribution in [0.5, 0.6) is 0 Å². The lowest BCUT2D eigenvalue weighted by Crippen LogP contribution is -2.40. The maximum Gasteiger partial charge on any atom is 0.191 e. The van der Waals surface area contributed by atoms with Gasteiger partial charge in [-0.15, -0.1) is 0 Å². The van der Waals surface area contributed by atoms with E-state index in [1.807, 2.05) is 0 Å². The number of ether oxygens (including phenoxy) is 1. The fourth-order valence-corrected chi connectivity index (χ4v) is 3.79. The Balaban J connectivity index is 1.44. The Labute approximate surface area is 193 Å². The van der Waals surface area contributed by atoms with Gasteiger partial charge in [-0.2, -0.15) is 0 Å². The summed E-state index contributed by atoms with van der Waals surface area (Å²) in [5.41, 5.74) is 3.83. The van der Waals surface area contributed by atoms with Crippen LogP contribution < -0.4 is 15.5 Å². The van der Waals surface area contributed by atoms with E-state index in [-0.39, 0.29) is 0 Å². The highest BCUT2D eigenvalue weighted by molar-refractivity contribution is 5.79. The summed E-state index contributed by atoms with van der Waals surface area (Å²) in [6.07, 6.45) is 1.06. The predicted octanol–water partition coefficient (Wildman–Crippen LogP) is 3.49. The zero-order chi connectivity index (χ0) is 22.6. The number of hydrogen-bond donors (Lipinski definition) is 2. The van der Waals surface area contributed by atoms with Gasteiger partial charge in [0.25, 0.3) is 0 Å². The van der Waals surface area contributed by atoms with Gasteiger partial charge in [0.15, 0.2) is 5.96 Å². The van der Waals surface area contributed by atoms with Crippen molar-refractivity contribution in [3.05, 3.63) is 65.7 Å². The fourth-order valence-electron chi connectivity index (χ4n) is 3.79. The first-order valence-corrected chi connectivity index (χ1v) is 11.8. The Bertz CT molecular complexity index is 803. The van der Waals surface area contributed by atoms with Crippen LogP contribution in [0.4, 0.5) is 5.69 Å². The number of rotatable bonds is 10. The van der Waals surface area contributed by atoms with E-state index in [1.54, 1.807) is 0 Å². The molecule has 1 atom stereocenters. The predicted molar refractivity (Wildman–Crippen MR) is 134 cm³/mol. The van der Waals surface area contributed by atoms with Crippen LogP contribution in [0.3, 0.4) is 0 Å². The van der Waals surface area contributed by atoms with Crippen molar-refractivity contribution in [2.24, 2.45) is 4.99 Å². The van der Waals surface area contributed by atoms with Crippen molar-refractivity contribution in [3.63, 3.8) is 0 Å². The number of nitrogens with zero attached hydrogens (tertiary/aromatic N) is 3. The van der Waals surface area contributed by atoms with Gasteiger partial charge >= 0.3 is 0 Å². The van der Waals surface area contributed by atoms with Gasteiger partial charge in [-0.25, -0.2) is 4.99 Å². The second kappa shape index (κ2) is 13.1. The minimum Gasteiger partial charge on any atom is -0.378 e. The molecule has 3 rings (SSSR count). The lowest BCUT2D eigenvalue weighted by molar-refractivity contribution is 0.122. The van der Waals surface area contributed by atoms with Crippen LogP contribution in [0.1, 0.15) is 31.4 Å². The molecular formula is C26H39N5O. The molecular weight excluding hydrogens is 398 g/mol. The Morgan fingerprint density at radius 3 is 2.44 bits per heavy atom. The van der Waals surface area contributed by atoms with Crippen LogP contribution in [0, 0.1) is 0 Å². The van der Waals surface area contributed by atoms with E-state index >= 15 is 0 Å². The topological polar surface area (TPSA) is 52.1 Å². The summed E-state index contributed by atoms with van der Waals surface area (Å²) in [5.74, 6) is 0.877.